The summed E-state index contributed by atoms with van der Waals surface area (Å²) in [5.41, 5.74) is 3.84. The van der Waals surface area contributed by atoms with Crippen LogP contribution in [-0.2, 0) is 5.41 Å². The zero-order chi connectivity index (χ0) is 27.3. The molecule has 0 aromatic heterocycles. The van der Waals surface area contributed by atoms with Crippen molar-refractivity contribution in [2.75, 3.05) is 0 Å². The Morgan fingerprint density at radius 2 is 0.850 bits per heavy atom. The van der Waals surface area contributed by atoms with Crippen LogP contribution in [0.1, 0.15) is 59.2 Å². The van der Waals surface area contributed by atoms with Gasteiger partial charge in [-0.25, -0.2) is 0 Å². The van der Waals surface area contributed by atoms with Gasteiger partial charge in [0.1, 0.15) is 5.41 Å². The number of carbonyl (C=O) groups excluding carboxylic acids is 3. The highest BCUT2D eigenvalue weighted by Crippen LogP contribution is 2.61. The number of ketones is 3. The van der Waals surface area contributed by atoms with Crippen LogP contribution in [0.3, 0.4) is 0 Å². The van der Waals surface area contributed by atoms with Crippen molar-refractivity contribution < 1.29 is 14.4 Å². The van der Waals surface area contributed by atoms with Crippen LogP contribution in [0.15, 0.2) is 151 Å². The van der Waals surface area contributed by atoms with Crippen molar-refractivity contribution in [2.24, 2.45) is 0 Å². The molecule has 0 saturated heterocycles. The largest absolute Gasteiger partial charge is 0.292 e. The van der Waals surface area contributed by atoms with Crippen molar-refractivity contribution >= 4 is 17.3 Å². The summed E-state index contributed by atoms with van der Waals surface area (Å²) < 4.78 is 0. The van der Waals surface area contributed by atoms with Gasteiger partial charge in [0.25, 0.3) is 0 Å². The predicted octanol–water partition coefficient (Wildman–Crippen LogP) is 7.38. The van der Waals surface area contributed by atoms with E-state index in [2.05, 4.69) is 0 Å². The highest BCUT2D eigenvalue weighted by molar-refractivity contribution is 6.27. The summed E-state index contributed by atoms with van der Waals surface area (Å²) in [5.74, 6) is -1.24. The summed E-state index contributed by atoms with van der Waals surface area (Å²) in [6, 6.07) is 42.7. The van der Waals surface area contributed by atoms with Crippen LogP contribution in [0.4, 0.5) is 0 Å². The third-order valence-corrected chi connectivity index (χ3v) is 8.20. The van der Waals surface area contributed by atoms with Gasteiger partial charge in [0.2, 0.25) is 0 Å². The van der Waals surface area contributed by atoms with Gasteiger partial charge >= 0.3 is 0 Å². The Kier molecular flexibility index (Phi) is 5.53. The minimum Gasteiger partial charge on any atom is -0.292 e. The van der Waals surface area contributed by atoms with Gasteiger partial charge in [-0.05, 0) is 22.3 Å². The second-order valence-corrected chi connectivity index (χ2v) is 10.2. The standard InChI is InChI=1S/C37H24O3/c38-34(24-14-4-1-5-15-24)32-31-27-20-10-12-22-29(27)37(30-23-13-11-21-28(30)31,36(40)26-18-8-3-9-19-26)33(32)35(39)25-16-6-2-7-17-25/h1-23,31H. The second-order valence-electron chi connectivity index (χ2n) is 10.2. The molecule has 3 nitrogen and oxygen atoms in total. The van der Waals surface area contributed by atoms with Crippen molar-refractivity contribution in [3.63, 3.8) is 0 Å². The topological polar surface area (TPSA) is 51.2 Å². The molecule has 2 bridgehead atoms. The van der Waals surface area contributed by atoms with E-state index in [0.717, 1.165) is 22.3 Å². The minimum absolute atomic E-state index is 0.219. The number of allylic oxidation sites excluding steroid dienone is 2. The molecule has 190 valence electrons. The molecule has 0 spiro atoms. The van der Waals surface area contributed by atoms with Gasteiger partial charge in [-0.15, -0.1) is 0 Å². The van der Waals surface area contributed by atoms with Gasteiger partial charge in [0, 0.05) is 33.8 Å². The average molecular weight is 517 g/mol. The van der Waals surface area contributed by atoms with Crippen LogP contribution in [0.2, 0.25) is 0 Å². The first kappa shape index (κ1) is 23.9. The summed E-state index contributed by atoms with van der Waals surface area (Å²) in [4.78, 5) is 44.3. The molecular formula is C37H24O3. The van der Waals surface area contributed by atoms with E-state index in [-0.39, 0.29) is 22.9 Å². The zero-order valence-electron chi connectivity index (χ0n) is 21.6. The molecule has 0 unspecified atom stereocenters. The van der Waals surface area contributed by atoms with Gasteiger partial charge in [-0.3, -0.25) is 14.4 Å². The lowest BCUT2D eigenvalue weighted by molar-refractivity contribution is 0.0885. The molecule has 40 heavy (non-hydrogen) atoms. The van der Waals surface area contributed by atoms with Crippen LogP contribution in [-0.4, -0.2) is 17.3 Å². The smallest absolute Gasteiger partial charge is 0.191 e. The van der Waals surface area contributed by atoms with E-state index in [0.29, 0.717) is 22.3 Å². The Morgan fingerprint density at radius 3 is 1.35 bits per heavy atom. The number of Topliss-reactive ketones (excluding diaryl/α,β-unsaturated/α-hetero) is 3. The van der Waals surface area contributed by atoms with Gasteiger partial charge in [-0.2, -0.15) is 0 Å². The van der Waals surface area contributed by atoms with E-state index in [1.807, 2.05) is 91.0 Å². The van der Waals surface area contributed by atoms with Crippen molar-refractivity contribution in [3.8, 4) is 0 Å². The van der Waals surface area contributed by atoms with Crippen LogP contribution in [0.5, 0.6) is 0 Å². The molecule has 0 radical (unpaired) electrons. The second kappa shape index (κ2) is 9.25. The maximum absolute atomic E-state index is 15.1. The van der Waals surface area contributed by atoms with Gasteiger partial charge < -0.3 is 0 Å². The molecule has 3 heteroatoms. The Morgan fingerprint density at radius 1 is 0.450 bits per heavy atom. The molecule has 0 amide bonds. The average Bonchev–Trinajstić information content (AvgIpc) is 3.04. The lowest BCUT2D eigenvalue weighted by atomic mass is 9.49. The van der Waals surface area contributed by atoms with Gasteiger partial charge in [0.05, 0.1) is 0 Å². The normalized spacial score (nSPS) is 18.6. The Bertz CT molecular complexity index is 1790. The molecule has 8 rings (SSSR count). The van der Waals surface area contributed by atoms with Crippen LogP contribution < -0.4 is 0 Å². The fourth-order valence-electron chi connectivity index (χ4n) is 6.60. The summed E-state index contributed by atoms with van der Waals surface area (Å²) >= 11 is 0. The molecular weight excluding hydrogens is 492 g/mol. The molecule has 0 aliphatic heterocycles. The first-order valence-electron chi connectivity index (χ1n) is 13.4. The summed E-state index contributed by atoms with van der Waals surface area (Å²) in [5, 5.41) is 0. The molecule has 5 aromatic rings. The zero-order valence-corrected chi connectivity index (χ0v) is 21.6. The van der Waals surface area contributed by atoms with Gasteiger partial charge in [0.15, 0.2) is 17.3 Å². The quantitative estimate of drug-likeness (QED) is 0.221. The van der Waals surface area contributed by atoms with Crippen LogP contribution >= 0.6 is 0 Å². The molecule has 5 aromatic carbocycles. The number of hydrogen-bond acceptors (Lipinski definition) is 3. The van der Waals surface area contributed by atoms with Crippen molar-refractivity contribution in [1.29, 1.82) is 0 Å². The number of rotatable bonds is 6. The number of carbonyl (C=O) groups is 3. The van der Waals surface area contributed by atoms with Crippen molar-refractivity contribution in [1.82, 2.24) is 0 Å². The van der Waals surface area contributed by atoms with Crippen LogP contribution in [0.25, 0.3) is 0 Å². The SMILES string of the molecule is O=C(C1=C(C(=O)c2ccccc2)C2(C(=O)c3ccccc3)c3ccccc3C1c1ccccc12)c1ccccc1. The molecule has 3 aliphatic carbocycles. The Labute approximate surface area is 232 Å². The van der Waals surface area contributed by atoms with Crippen molar-refractivity contribution in [3.05, 3.63) is 190 Å². The van der Waals surface area contributed by atoms with Crippen molar-refractivity contribution in [2.45, 2.75) is 11.3 Å². The first-order chi connectivity index (χ1) is 19.6. The molecule has 0 fully saturated rings. The van der Waals surface area contributed by atoms with E-state index < -0.39 is 11.3 Å². The summed E-state index contributed by atoms with van der Waals surface area (Å²) in [6.07, 6.45) is 0. The fraction of sp³-hybridized carbons (Fsp3) is 0.0541. The highest BCUT2D eigenvalue weighted by Gasteiger charge is 2.60. The summed E-state index contributed by atoms with van der Waals surface area (Å²) in [6.45, 7) is 0. The van der Waals surface area contributed by atoms with E-state index in [9.17, 15) is 9.59 Å². The molecule has 0 heterocycles. The Hall–Kier alpha value is -5.15. The van der Waals surface area contributed by atoms with Gasteiger partial charge in [-0.1, -0.05) is 140 Å². The lowest BCUT2D eigenvalue weighted by Gasteiger charge is -2.50. The number of hydrogen-bond donors (Lipinski definition) is 0. The fourth-order valence-corrected chi connectivity index (χ4v) is 6.60. The maximum Gasteiger partial charge on any atom is 0.191 e. The van der Waals surface area contributed by atoms with E-state index in [4.69, 9.17) is 0 Å². The van der Waals surface area contributed by atoms with E-state index >= 15 is 4.79 Å². The molecule has 0 saturated carbocycles. The minimum atomic E-state index is -1.49. The maximum atomic E-state index is 15.1. The third-order valence-electron chi connectivity index (χ3n) is 8.20. The third kappa shape index (κ3) is 3.28. The molecule has 0 N–H and O–H groups in total. The van der Waals surface area contributed by atoms with E-state index in [1.54, 1.807) is 48.5 Å². The van der Waals surface area contributed by atoms with Crippen LogP contribution in [0, 0.1) is 0 Å². The molecule has 3 aliphatic rings. The lowest BCUT2D eigenvalue weighted by Crippen LogP contribution is -2.51. The summed E-state index contributed by atoms with van der Waals surface area (Å²) in [7, 11) is 0. The monoisotopic (exact) mass is 516 g/mol. The predicted molar refractivity (Wildman–Crippen MR) is 155 cm³/mol. The molecule has 0 atom stereocenters. The van der Waals surface area contributed by atoms with E-state index in [1.165, 1.54) is 0 Å². The highest BCUT2D eigenvalue weighted by atomic mass is 16.1. The Balaban J connectivity index is 1.66. The first-order valence-corrected chi connectivity index (χ1v) is 13.4. The number of benzene rings is 5.